The molecule has 1 aromatic carbocycles. The van der Waals surface area contributed by atoms with Gasteiger partial charge in [-0.3, -0.25) is 4.90 Å². The van der Waals surface area contributed by atoms with Crippen LogP contribution >= 0.6 is 15.9 Å². The Labute approximate surface area is 142 Å². The summed E-state index contributed by atoms with van der Waals surface area (Å²) in [6.07, 6.45) is 1.55. The number of nitrogens with one attached hydrogen (secondary N) is 1. The summed E-state index contributed by atoms with van der Waals surface area (Å²) in [4.78, 5) is 20.6. The third-order valence-electron chi connectivity index (χ3n) is 4.10. The molecule has 3 rings (SSSR count). The summed E-state index contributed by atoms with van der Waals surface area (Å²) >= 11 is 3.41. The number of benzene rings is 1. The van der Waals surface area contributed by atoms with Gasteiger partial charge in [0.2, 0.25) is 0 Å². The van der Waals surface area contributed by atoms with Gasteiger partial charge in [-0.1, -0.05) is 28.1 Å². The van der Waals surface area contributed by atoms with Gasteiger partial charge in [0.05, 0.1) is 24.5 Å². The molecule has 122 valence electrons. The van der Waals surface area contributed by atoms with Crippen molar-refractivity contribution in [2.75, 3.05) is 20.3 Å². The Morgan fingerprint density at radius 1 is 1.48 bits per heavy atom. The molecule has 0 bridgehead atoms. The molecule has 1 saturated heterocycles. The average molecular weight is 380 g/mol. The molecule has 1 aromatic heterocycles. The molecule has 0 saturated carbocycles. The maximum absolute atomic E-state index is 11.5. The molecule has 1 amide bonds. The number of hydrogen-bond acceptors (Lipinski definition) is 3. The molecule has 1 fully saturated rings. The first-order chi connectivity index (χ1) is 11.1. The van der Waals surface area contributed by atoms with E-state index in [1.807, 2.05) is 24.3 Å². The fourth-order valence-corrected chi connectivity index (χ4v) is 3.30. The van der Waals surface area contributed by atoms with Gasteiger partial charge in [0, 0.05) is 24.0 Å². The van der Waals surface area contributed by atoms with E-state index in [-0.39, 0.29) is 12.0 Å². The minimum absolute atomic E-state index is 0.197. The predicted molar refractivity (Wildman–Crippen MR) is 89.2 cm³/mol. The van der Waals surface area contributed by atoms with Crippen molar-refractivity contribution < 1.29 is 14.6 Å². The minimum atomic E-state index is -0.921. The highest BCUT2D eigenvalue weighted by atomic mass is 79.9. The van der Waals surface area contributed by atoms with E-state index in [9.17, 15) is 9.90 Å². The van der Waals surface area contributed by atoms with Crippen LogP contribution in [0.15, 0.2) is 34.9 Å². The number of nitrogens with zero attached hydrogens (tertiary/aromatic N) is 2. The maximum atomic E-state index is 11.5. The van der Waals surface area contributed by atoms with Gasteiger partial charge < -0.3 is 14.8 Å². The lowest BCUT2D eigenvalue weighted by atomic mass is 10.1. The van der Waals surface area contributed by atoms with Crippen LogP contribution in [-0.2, 0) is 4.74 Å². The SMILES string of the molecule is COC[C@H]1C[C@@H](c2ncc(-c3ccc(Br)cc3)[nH]2)N(C(=O)O)C1. The molecule has 1 aliphatic rings. The third-order valence-corrected chi connectivity index (χ3v) is 4.63. The number of methoxy groups -OCH3 is 1. The molecule has 2 heterocycles. The van der Waals surface area contributed by atoms with E-state index in [0.29, 0.717) is 25.4 Å². The molecule has 0 aliphatic carbocycles. The Bertz CT molecular complexity index is 686. The molecule has 0 spiro atoms. The van der Waals surface area contributed by atoms with Crippen LogP contribution in [-0.4, -0.2) is 46.3 Å². The lowest BCUT2D eigenvalue weighted by Crippen LogP contribution is -2.30. The summed E-state index contributed by atoms with van der Waals surface area (Å²) in [6, 6.07) is 7.64. The van der Waals surface area contributed by atoms with Crippen LogP contribution in [0, 0.1) is 5.92 Å². The Morgan fingerprint density at radius 2 is 2.22 bits per heavy atom. The predicted octanol–water partition coefficient (Wildman–Crippen LogP) is 3.53. The van der Waals surface area contributed by atoms with Gasteiger partial charge in [-0.2, -0.15) is 0 Å². The molecule has 7 heteroatoms. The van der Waals surface area contributed by atoms with Gasteiger partial charge in [-0.25, -0.2) is 9.78 Å². The minimum Gasteiger partial charge on any atom is -0.465 e. The number of amides is 1. The van der Waals surface area contributed by atoms with E-state index in [2.05, 4.69) is 25.9 Å². The number of ether oxygens (including phenoxy) is 1. The second kappa shape index (κ2) is 6.72. The van der Waals surface area contributed by atoms with Crippen LogP contribution in [0.3, 0.4) is 0 Å². The number of carboxylic acid groups (broad SMARTS) is 1. The number of aromatic amines is 1. The third kappa shape index (κ3) is 3.40. The van der Waals surface area contributed by atoms with E-state index in [0.717, 1.165) is 15.7 Å². The zero-order valence-electron chi connectivity index (χ0n) is 12.7. The van der Waals surface area contributed by atoms with Crippen LogP contribution < -0.4 is 0 Å². The topological polar surface area (TPSA) is 78.5 Å². The average Bonchev–Trinajstić information content (AvgIpc) is 3.15. The number of carbonyl (C=O) groups is 1. The Balaban J connectivity index is 1.83. The summed E-state index contributed by atoms with van der Waals surface area (Å²) < 4.78 is 6.18. The molecular formula is C16H18BrN3O3. The van der Waals surface area contributed by atoms with Gasteiger partial charge in [0.1, 0.15) is 5.82 Å². The zero-order chi connectivity index (χ0) is 16.4. The van der Waals surface area contributed by atoms with E-state index in [1.165, 1.54) is 4.90 Å². The van der Waals surface area contributed by atoms with Crippen LogP contribution in [0.1, 0.15) is 18.3 Å². The smallest absolute Gasteiger partial charge is 0.407 e. The van der Waals surface area contributed by atoms with Crippen molar-refractivity contribution >= 4 is 22.0 Å². The second-order valence-corrected chi connectivity index (χ2v) is 6.61. The fourth-order valence-electron chi connectivity index (χ4n) is 3.03. The number of hydrogen-bond donors (Lipinski definition) is 2. The first-order valence-corrected chi connectivity index (χ1v) is 8.17. The quantitative estimate of drug-likeness (QED) is 0.851. The van der Waals surface area contributed by atoms with Crippen LogP contribution in [0.4, 0.5) is 4.79 Å². The second-order valence-electron chi connectivity index (χ2n) is 5.70. The molecule has 2 aromatic rings. The molecule has 2 atom stereocenters. The number of rotatable bonds is 4. The Morgan fingerprint density at radius 3 is 2.87 bits per heavy atom. The van der Waals surface area contributed by atoms with Crippen molar-refractivity contribution in [1.82, 2.24) is 14.9 Å². The van der Waals surface area contributed by atoms with Gasteiger partial charge in [0.25, 0.3) is 0 Å². The summed E-state index contributed by atoms with van der Waals surface area (Å²) in [5, 5.41) is 9.42. The number of imidazole rings is 1. The standard InChI is InChI=1S/C16H18BrN3O3/c1-23-9-10-6-14(20(8-10)16(21)22)15-18-7-13(19-15)11-2-4-12(17)5-3-11/h2-5,7,10,14H,6,8-9H2,1H3,(H,18,19)(H,21,22)/t10-,14-/m0/s1. The van der Waals surface area contributed by atoms with Crippen molar-refractivity contribution in [1.29, 1.82) is 0 Å². The van der Waals surface area contributed by atoms with E-state index < -0.39 is 6.09 Å². The number of likely N-dealkylation sites (tertiary alicyclic amines) is 1. The van der Waals surface area contributed by atoms with Crippen molar-refractivity contribution in [2.24, 2.45) is 5.92 Å². The van der Waals surface area contributed by atoms with E-state index in [4.69, 9.17) is 4.74 Å². The first-order valence-electron chi connectivity index (χ1n) is 7.38. The first kappa shape index (κ1) is 16.0. The Hall–Kier alpha value is -1.86. The molecule has 2 N–H and O–H groups in total. The molecule has 1 aliphatic heterocycles. The summed E-state index contributed by atoms with van der Waals surface area (Å²) in [7, 11) is 1.64. The fraction of sp³-hybridized carbons (Fsp3) is 0.375. The summed E-state index contributed by atoms with van der Waals surface area (Å²) in [5.41, 5.74) is 1.90. The number of halogens is 1. The highest BCUT2D eigenvalue weighted by molar-refractivity contribution is 9.10. The van der Waals surface area contributed by atoms with Crippen molar-refractivity contribution in [3.05, 3.63) is 40.8 Å². The lowest BCUT2D eigenvalue weighted by Gasteiger charge is -2.19. The highest BCUT2D eigenvalue weighted by Crippen LogP contribution is 2.35. The van der Waals surface area contributed by atoms with Gasteiger partial charge in [-0.15, -0.1) is 0 Å². The Kier molecular flexibility index (Phi) is 4.68. The van der Waals surface area contributed by atoms with Crippen LogP contribution in [0.2, 0.25) is 0 Å². The molecule has 23 heavy (non-hydrogen) atoms. The normalized spacial score (nSPS) is 20.9. The van der Waals surface area contributed by atoms with Crippen LogP contribution in [0.5, 0.6) is 0 Å². The summed E-state index contributed by atoms with van der Waals surface area (Å²) in [6.45, 7) is 1.03. The summed E-state index contributed by atoms with van der Waals surface area (Å²) in [5.74, 6) is 0.881. The van der Waals surface area contributed by atoms with Crippen LogP contribution in [0.25, 0.3) is 11.3 Å². The lowest BCUT2D eigenvalue weighted by molar-refractivity contribution is 0.131. The molecule has 6 nitrogen and oxygen atoms in total. The van der Waals surface area contributed by atoms with E-state index in [1.54, 1.807) is 13.3 Å². The van der Waals surface area contributed by atoms with Crippen molar-refractivity contribution in [2.45, 2.75) is 12.5 Å². The molecule has 0 radical (unpaired) electrons. The van der Waals surface area contributed by atoms with Gasteiger partial charge in [-0.05, 0) is 24.1 Å². The monoisotopic (exact) mass is 379 g/mol. The van der Waals surface area contributed by atoms with E-state index >= 15 is 0 Å². The highest BCUT2D eigenvalue weighted by Gasteiger charge is 2.37. The zero-order valence-corrected chi connectivity index (χ0v) is 14.3. The van der Waals surface area contributed by atoms with Gasteiger partial charge in [0.15, 0.2) is 0 Å². The number of aromatic nitrogens is 2. The van der Waals surface area contributed by atoms with Gasteiger partial charge >= 0.3 is 6.09 Å². The molecule has 0 unspecified atom stereocenters. The van der Waals surface area contributed by atoms with Crippen molar-refractivity contribution in [3.8, 4) is 11.3 Å². The largest absolute Gasteiger partial charge is 0.465 e. The number of H-pyrrole nitrogens is 1. The molecular weight excluding hydrogens is 362 g/mol. The maximum Gasteiger partial charge on any atom is 0.407 e. The van der Waals surface area contributed by atoms with Crippen molar-refractivity contribution in [3.63, 3.8) is 0 Å².